The van der Waals surface area contributed by atoms with Crippen LogP contribution in [0.3, 0.4) is 0 Å². The maximum absolute atomic E-state index is 12.0. The molecule has 0 saturated carbocycles. The second kappa shape index (κ2) is 5.40. The highest BCUT2D eigenvalue weighted by Gasteiger charge is 2.27. The number of nitrogens with two attached hydrogens (primary N) is 1. The van der Waals surface area contributed by atoms with Gasteiger partial charge in [0.25, 0.3) is 5.91 Å². The van der Waals surface area contributed by atoms with Crippen LogP contribution < -0.4 is 11.1 Å². The van der Waals surface area contributed by atoms with Gasteiger partial charge in [-0.3, -0.25) is 4.79 Å². The van der Waals surface area contributed by atoms with Gasteiger partial charge < -0.3 is 15.8 Å². The van der Waals surface area contributed by atoms with Crippen LogP contribution in [0.15, 0.2) is 24.3 Å². The third-order valence-corrected chi connectivity index (χ3v) is 3.52. The van der Waals surface area contributed by atoms with E-state index in [1.807, 2.05) is 0 Å². The van der Waals surface area contributed by atoms with E-state index in [9.17, 15) is 4.79 Å². The van der Waals surface area contributed by atoms with Crippen molar-refractivity contribution in [3.63, 3.8) is 0 Å². The van der Waals surface area contributed by atoms with E-state index >= 15 is 0 Å². The molecule has 1 fully saturated rings. The van der Waals surface area contributed by atoms with Crippen molar-refractivity contribution in [3.8, 4) is 0 Å². The lowest BCUT2D eigenvalue weighted by atomic mass is 9.82. The van der Waals surface area contributed by atoms with E-state index in [0.717, 1.165) is 26.1 Å². The minimum atomic E-state index is -0.0602. The van der Waals surface area contributed by atoms with Gasteiger partial charge in [0.05, 0.1) is 0 Å². The number of carbonyl (C=O) groups is 1. The van der Waals surface area contributed by atoms with E-state index in [-0.39, 0.29) is 11.3 Å². The first-order valence-electron chi connectivity index (χ1n) is 6.31. The Labute approximate surface area is 108 Å². The van der Waals surface area contributed by atoms with Crippen molar-refractivity contribution in [2.24, 2.45) is 5.41 Å². The summed E-state index contributed by atoms with van der Waals surface area (Å²) < 4.78 is 5.34. The van der Waals surface area contributed by atoms with Crippen molar-refractivity contribution in [2.45, 2.75) is 19.8 Å². The monoisotopic (exact) mass is 248 g/mol. The molecule has 4 heteroatoms. The molecule has 1 aromatic carbocycles. The molecule has 0 radical (unpaired) electrons. The van der Waals surface area contributed by atoms with Gasteiger partial charge in [0.15, 0.2) is 0 Å². The Hall–Kier alpha value is -1.55. The van der Waals surface area contributed by atoms with Crippen LogP contribution in [0.25, 0.3) is 0 Å². The van der Waals surface area contributed by atoms with Crippen LogP contribution in [0.5, 0.6) is 0 Å². The van der Waals surface area contributed by atoms with Gasteiger partial charge in [-0.2, -0.15) is 0 Å². The number of anilines is 1. The van der Waals surface area contributed by atoms with E-state index in [1.54, 1.807) is 24.3 Å². The van der Waals surface area contributed by atoms with Gasteiger partial charge in [-0.1, -0.05) is 13.0 Å². The molecule has 98 valence electrons. The molecule has 0 atom stereocenters. The topological polar surface area (TPSA) is 64.4 Å². The molecular formula is C14H20N2O2. The van der Waals surface area contributed by atoms with Gasteiger partial charge in [-0.05, 0) is 36.5 Å². The summed E-state index contributed by atoms with van der Waals surface area (Å²) in [6, 6.07) is 7.04. The molecule has 3 N–H and O–H groups in total. The molecule has 0 bridgehead atoms. The van der Waals surface area contributed by atoms with E-state index in [2.05, 4.69) is 12.2 Å². The lowest BCUT2D eigenvalue weighted by Gasteiger charge is -2.33. The van der Waals surface area contributed by atoms with Crippen molar-refractivity contribution in [1.29, 1.82) is 0 Å². The summed E-state index contributed by atoms with van der Waals surface area (Å²) in [5, 5.41) is 2.99. The van der Waals surface area contributed by atoms with Crippen LogP contribution in [-0.4, -0.2) is 25.7 Å². The minimum absolute atomic E-state index is 0.0602. The van der Waals surface area contributed by atoms with Crippen LogP contribution in [0.1, 0.15) is 30.1 Å². The Morgan fingerprint density at radius 3 is 2.83 bits per heavy atom. The number of nitrogen functional groups attached to an aromatic ring is 1. The molecule has 1 aliphatic heterocycles. The van der Waals surface area contributed by atoms with Gasteiger partial charge in [0, 0.05) is 31.0 Å². The van der Waals surface area contributed by atoms with Gasteiger partial charge in [0.1, 0.15) is 0 Å². The lowest BCUT2D eigenvalue weighted by molar-refractivity contribution is 0.0238. The Morgan fingerprint density at radius 1 is 1.44 bits per heavy atom. The SMILES string of the molecule is CC1(CNC(=O)c2cccc(N)c2)CCOCC1. The van der Waals surface area contributed by atoms with Crippen molar-refractivity contribution < 1.29 is 9.53 Å². The molecule has 0 unspecified atom stereocenters. The summed E-state index contributed by atoms with van der Waals surface area (Å²) in [5.41, 5.74) is 7.04. The Bertz CT molecular complexity index is 426. The predicted octanol–water partition coefficient (Wildman–Crippen LogP) is 1.82. The van der Waals surface area contributed by atoms with Crippen LogP contribution in [0.4, 0.5) is 5.69 Å². The number of benzene rings is 1. The highest BCUT2D eigenvalue weighted by molar-refractivity contribution is 5.94. The van der Waals surface area contributed by atoms with E-state index in [1.165, 1.54) is 0 Å². The van der Waals surface area contributed by atoms with E-state index in [4.69, 9.17) is 10.5 Å². The number of hydrogen-bond acceptors (Lipinski definition) is 3. The van der Waals surface area contributed by atoms with Crippen molar-refractivity contribution in [1.82, 2.24) is 5.32 Å². The van der Waals surface area contributed by atoms with Crippen LogP contribution in [-0.2, 0) is 4.74 Å². The first kappa shape index (κ1) is 12.9. The quantitative estimate of drug-likeness (QED) is 0.802. The maximum atomic E-state index is 12.0. The average Bonchev–Trinajstić information content (AvgIpc) is 2.37. The molecule has 0 spiro atoms. The van der Waals surface area contributed by atoms with Crippen molar-refractivity contribution in [2.75, 3.05) is 25.5 Å². The summed E-state index contributed by atoms with van der Waals surface area (Å²) in [5.74, 6) is -0.0602. The van der Waals surface area contributed by atoms with E-state index < -0.39 is 0 Å². The largest absolute Gasteiger partial charge is 0.399 e. The molecule has 18 heavy (non-hydrogen) atoms. The summed E-state index contributed by atoms with van der Waals surface area (Å²) in [4.78, 5) is 12.0. The molecule has 2 rings (SSSR count). The molecule has 1 heterocycles. The zero-order chi connectivity index (χ0) is 13.0. The standard InChI is InChI=1S/C14H20N2O2/c1-14(5-7-18-8-6-14)10-16-13(17)11-3-2-4-12(15)9-11/h2-4,9H,5-8,10,15H2,1H3,(H,16,17). The molecule has 0 aromatic heterocycles. The minimum Gasteiger partial charge on any atom is -0.399 e. The molecule has 1 aromatic rings. The Kier molecular flexibility index (Phi) is 3.87. The predicted molar refractivity (Wildman–Crippen MR) is 71.3 cm³/mol. The molecule has 1 amide bonds. The summed E-state index contributed by atoms with van der Waals surface area (Å²) in [7, 11) is 0. The summed E-state index contributed by atoms with van der Waals surface area (Å²) in [6.45, 7) is 4.44. The van der Waals surface area contributed by atoms with Crippen LogP contribution in [0, 0.1) is 5.41 Å². The molecular weight excluding hydrogens is 228 g/mol. The Morgan fingerprint density at radius 2 is 2.17 bits per heavy atom. The number of hydrogen-bond donors (Lipinski definition) is 2. The number of amides is 1. The average molecular weight is 248 g/mol. The van der Waals surface area contributed by atoms with Gasteiger partial charge in [0.2, 0.25) is 0 Å². The third-order valence-electron chi connectivity index (χ3n) is 3.52. The number of nitrogens with one attached hydrogen (secondary N) is 1. The fraction of sp³-hybridized carbons (Fsp3) is 0.500. The third kappa shape index (κ3) is 3.23. The highest BCUT2D eigenvalue weighted by atomic mass is 16.5. The summed E-state index contributed by atoms with van der Waals surface area (Å²) >= 11 is 0. The van der Waals surface area contributed by atoms with Crippen molar-refractivity contribution in [3.05, 3.63) is 29.8 Å². The van der Waals surface area contributed by atoms with Gasteiger partial charge in [-0.25, -0.2) is 0 Å². The second-order valence-corrected chi connectivity index (χ2v) is 5.23. The van der Waals surface area contributed by atoms with Crippen LogP contribution >= 0.6 is 0 Å². The Balaban J connectivity index is 1.92. The molecule has 4 nitrogen and oxygen atoms in total. The first-order chi connectivity index (χ1) is 8.59. The number of ether oxygens (including phenoxy) is 1. The van der Waals surface area contributed by atoms with Crippen LogP contribution in [0.2, 0.25) is 0 Å². The van der Waals surface area contributed by atoms with Gasteiger partial charge >= 0.3 is 0 Å². The zero-order valence-corrected chi connectivity index (χ0v) is 10.7. The normalized spacial score (nSPS) is 18.3. The number of carbonyl (C=O) groups excluding carboxylic acids is 1. The highest BCUT2D eigenvalue weighted by Crippen LogP contribution is 2.28. The van der Waals surface area contributed by atoms with E-state index in [0.29, 0.717) is 17.8 Å². The first-order valence-corrected chi connectivity index (χ1v) is 6.31. The number of rotatable bonds is 3. The smallest absolute Gasteiger partial charge is 0.251 e. The second-order valence-electron chi connectivity index (χ2n) is 5.23. The fourth-order valence-electron chi connectivity index (χ4n) is 2.12. The maximum Gasteiger partial charge on any atom is 0.251 e. The van der Waals surface area contributed by atoms with Crippen molar-refractivity contribution >= 4 is 11.6 Å². The lowest BCUT2D eigenvalue weighted by Crippen LogP contribution is -2.39. The molecule has 0 aliphatic carbocycles. The van der Waals surface area contributed by atoms with Gasteiger partial charge in [-0.15, -0.1) is 0 Å². The molecule has 1 aliphatic rings. The zero-order valence-electron chi connectivity index (χ0n) is 10.7. The fourth-order valence-corrected chi connectivity index (χ4v) is 2.12. The summed E-state index contributed by atoms with van der Waals surface area (Å²) in [6.07, 6.45) is 1.98. The molecule has 1 saturated heterocycles.